The Morgan fingerprint density at radius 1 is 1.05 bits per heavy atom. The maximum Gasteiger partial charge on any atom is 0.345 e. The van der Waals surface area contributed by atoms with Gasteiger partial charge in [0.2, 0.25) is 0 Å². The molecule has 116 valence electrons. The maximum atomic E-state index is 12.0. The number of aryl methyl sites for hydroxylation is 1. The van der Waals surface area contributed by atoms with Crippen LogP contribution in [0.1, 0.15) is 55.1 Å². The van der Waals surface area contributed by atoms with Crippen LogP contribution in [0.5, 0.6) is 6.01 Å². The Bertz CT molecular complexity index is 585. The summed E-state index contributed by atoms with van der Waals surface area (Å²) in [4.78, 5) is 20.3. The summed E-state index contributed by atoms with van der Waals surface area (Å²) in [5.41, 5.74) is 1.42. The molecule has 0 saturated heterocycles. The highest BCUT2D eigenvalue weighted by Crippen LogP contribution is 2.11. The smallest absolute Gasteiger partial charge is 0.345 e. The monoisotopic (exact) mass is 298 g/mol. The lowest BCUT2D eigenvalue weighted by Crippen LogP contribution is -2.11. The van der Waals surface area contributed by atoms with Crippen LogP contribution in [0.15, 0.2) is 42.6 Å². The molecule has 0 atom stereocenters. The Kier molecular flexibility index (Phi) is 6.55. The van der Waals surface area contributed by atoms with Gasteiger partial charge in [0.05, 0.1) is 5.56 Å². The molecule has 0 amide bonds. The van der Waals surface area contributed by atoms with Crippen LogP contribution < -0.4 is 4.74 Å². The summed E-state index contributed by atoms with van der Waals surface area (Å²) >= 11 is 0. The van der Waals surface area contributed by atoms with Crippen molar-refractivity contribution in [1.82, 2.24) is 9.97 Å². The number of carbonyl (C=O) groups is 1. The van der Waals surface area contributed by atoms with Gasteiger partial charge in [-0.05, 0) is 31.0 Å². The predicted molar refractivity (Wildman–Crippen MR) is 85.9 cm³/mol. The summed E-state index contributed by atoms with van der Waals surface area (Å²) in [6.45, 7) is 2.21. The van der Waals surface area contributed by atoms with E-state index in [1.54, 1.807) is 30.5 Å². The fraction of sp³-hybridized carbons (Fsp3) is 0.389. The van der Waals surface area contributed by atoms with E-state index >= 15 is 0 Å². The van der Waals surface area contributed by atoms with Gasteiger partial charge in [-0.2, -0.15) is 4.98 Å². The minimum Gasteiger partial charge on any atom is -0.387 e. The first-order valence-corrected chi connectivity index (χ1v) is 7.88. The Labute approximate surface area is 131 Å². The molecule has 2 rings (SSSR count). The first-order chi connectivity index (χ1) is 10.8. The molecule has 0 bridgehead atoms. The largest absolute Gasteiger partial charge is 0.387 e. The lowest BCUT2D eigenvalue weighted by molar-refractivity contribution is 0.0719. The summed E-state index contributed by atoms with van der Waals surface area (Å²) in [6.07, 6.45) is 8.62. The number of nitrogens with zero attached hydrogens (tertiary/aromatic N) is 2. The van der Waals surface area contributed by atoms with Crippen molar-refractivity contribution in [3.63, 3.8) is 0 Å². The highest BCUT2D eigenvalue weighted by Gasteiger charge is 2.10. The average Bonchev–Trinajstić information content (AvgIpc) is 2.56. The van der Waals surface area contributed by atoms with Gasteiger partial charge < -0.3 is 4.74 Å². The van der Waals surface area contributed by atoms with Crippen molar-refractivity contribution in [2.24, 2.45) is 0 Å². The molecular weight excluding hydrogens is 276 g/mol. The Hall–Kier alpha value is -2.23. The molecule has 1 aromatic carbocycles. The zero-order valence-electron chi connectivity index (χ0n) is 13.0. The Morgan fingerprint density at radius 2 is 1.82 bits per heavy atom. The lowest BCUT2D eigenvalue weighted by atomic mass is 10.1. The Balaban J connectivity index is 1.87. The molecule has 4 heteroatoms. The minimum absolute atomic E-state index is 0.125. The average molecular weight is 298 g/mol. The molecule has 0 saturated carbocycles. The van der Waals surface area contributed by atoms with Gasteiger partial charge in [0.1, 0.15) is 0 Å². The first-order valence-electron chi connectivity index (χ1n) is 7.88. The van der Waals surface area contributed by atoms with Gasteiger partial charge in [-0.25, -0.2) is 9.78 Å². The quantitative estimate of drug-likeness (QED) is 0.541. The molecule has 4 nitrogen and oxygen atoms in total. The van der Waals surface area contributed by atoms with E-state index in [9.17, 15) is 4.79 Å². The molecule has 2 aromatic rings. The van der Waals surface area contributed by atoms with Gasteiger partial charge in [-0.1, -0.05) is 50.8 Å². The molecule has 0 aliphatic rings. The third kappa shape index (κ3) is 5.28. The molecule has 22 heavy (non-hydrogen) atoms. The molecule has 0 aliphatic heterocycles. The zero-order valence-corrected chi connectivity index (χ0v) is 13.0. The van der Waals surface area contributed by atoms with Crippen LogP contribution in [0.25, 0.3) is 0 Å². The summed E-state index contributed by atoms with van der Waals surface area (Å²) in [5.74, 6) is -0.430. The van der Waals surface area contributed by atoms with Gasteiger partial charge in [-0.15, -0.1) is 0 Å². The predicted octanol–water partition coefficient (Wildman–Crippen LogP) is 4.21. The van der Waals surface area contributed by atoms with Crippen molar-refractivity contribution in [2.45, 2.75) is 45.4 Å². The van der Waals surface area contributed by atoms with E-state index in [-0.39, 0.29) is 6.01 Å². The molecule has 0 N–H and O–H groups in total. The van der Waals surface area contributed by atoms with Crippen LogP contribution in [-0.2, 0) is 6.42 Å². The molecule has 0 unspecified atom stereocenters. The van der Waals surface area contributed by atoms with E-state index < -0.39 is 5.97 Å². The topological polar surface area (TPSA) is 52.1 Å². The standard InChI is InChI=1S/C18H22N2O2/c1-2-3-4-5-9-12-16-13-14-19-18(20-16)22-17(21)15-10-7-6-8-11-15/h6-8,10-11,13-14H,2-5,9,12H2,1H3. The van der Waals surface area contributed by atoms with E-state index in [0.29, 0.717) is 5.56 Å². The SMILES string of the molecule is CCCCCCCc1ccnc(OC(=O)c2ccccc2)n1. The molecule has 0 fully saturated rings. The number of carbonyl (C=O) groups excluding carboxylic acids is 1. The van der Waals surface area contributed by atoms with Crippen molar-refractivity contribution in [1.29, 1.82) is 0 Å². The van der Waals surface area contributed by atoms with Crippen molar-refractivity contribution in [3.05, 3.63) is 53.9 Å². The summed E-state index contributed by atoms with van der Waals surface area (Å²) in [7, 11) is 0. The van der Waals surface area contributed by atoms with Gasteiger partial charge in [0, 0.05) is 11.9 Å². The van der Waals surface area contributed by atoms with Gasteiger partial charge in [-0.3, -0.25) is 0 Å². The van der Waals surface area contributed by atoms with Crippen LogP contribution in [-0.4, -0.2) is 15.9 Å². The van der Waals surface area contributed by atoms with Crippen molar-refractivity contribution in [3.8, 4) is 6.01 Å². The second kappa shape index (κ2) is 8.93. The van der Waals surface area contributed by atoms with Crippen molar-refractivity contribution in [2.75, 3.05) is 0 Å². The summed E-state index contributed by atoms with van der Waals surface area (Å²) in [6, 6.07) is 10.9. The fourth-order valence-electron chi connectivity index (χ4n) is 2.19. The molecule has 0 aliphatic carbocycles. The van der Waals surface area contributed by atoms with Gasteiger partial charge in [0.25, 0.3) is 0 Å². The highest BCUT2D eigenvalue weighted by atomic mass is 16.5. The number of ether oxygens (including phenoxy) is 1. The van der Waals surface area contributed by atoms with Crippen molar-refractivity contribution < 1.29 is 9.53 Å². The molecule has 0 spiro atoms. The van der Waals surface area contributed by atoms with E-state index in [1.165, 1.54) is 25.7 Å². The minimum atomic E-state index is -0.430. The molecule has 0 radical (unpaired) electrons. The van der Waals surface area contributed by atoms with E-state index in [4.69, 9.17) is 4.74 Å². The number of unbranched alkanes of at least 4 members (excludes halogenated alkanes) is 4. The van der Waals surface area contributed by atoms with Crippen LogP contribution >= 0.6 is 0 Å². The molecule has 1 heterocycles. The number of benzene rings is 1. The highest BCUT2D eigenvalue weighted by molar-refractivity contribution is 5.90. The Morgan fingerprint density at radius 3 is 2.59 bits per heavy atom. The number of hydrogen-bond acceptors (Lipinski definition) is 4. The number of esters is 1. The second-order valence-electron chi connectivity index (χ2n) is 5.25. The van der Waals surface area contributed by atoms with E-state index in [1.807, 2.05) is 12.1 Å². The number of rotatable bonds is 8. The molecular formula is C18H22N2O2. The van der Waals surface area contributed by atoms with E-state index in [0.717, 1.165) is 18.5 Å². The van der Waals surface area contributed by atoms with Crippen LogP contribution in [0.4, 0.5) is 0 Å². The summed E-state index contributed by atoms with van der Waals surface area (Å²) in [5, 5.41) is 0. The number of aromatic nitrogens is 2. The van der Waals surface area contributed by atoms with Gasteiger partial charge >= 0.3 is 12.0 Å². The fourth-order valence-corrected chi connectivity index (χ4v) is 2.19. The van der Waals surface area contributed by atoms with Crippen LogP contribution in [0.3, 0.4) is 0 Å². The first kappa shape index (κ1) is 16.1. The normalized spacial score (nSPS) is 10.4. The van der Waals surface area contributed by atoms with Crippen molar-refractivity contribution >= 4 is 5.97 Å². The molecule has 1 aromatic heterocycles. The third-order valence-electron chi connectivity index (χ3n) is 3.42. The third-order valence-corrected chi connectivity index (χ3v) is 3.42. The van der Waals surface area contributed by atoms with Gasteiger partial charge in [0.15, 0.2) is 0 Å². The number of hydrogen-bond donors (Lipinski definition) is 0. The van der Waals surface area contributed by atoms with E-state index in [2.05, 4.69) is 16.9 Å². The van der Waals surface area contributed by atoms with Crippen LogP contribution in [0.2, 0.25) is 0 Å². The lowest BCUT2D eigenvalue weighted by Gasteiger charge is -2.05. The maximum absolute atomic E-state index is 12.0. The second-order valence-corrected chi connectivity index (χ2v) is 5.25. The van der Waals surface area contributed by atoms with Crippen LogP contribution in [0, 0.1) is 0 Å². The summed E-state index contributed by atoms with van der Waals surface area (Å²) < 4.78 is 5.22. The zero-order chi connectivity index (χ0) is 15.6.